The van der Waals surface area contributed by atoms with Crippen LogP contribution in [0.1, 0.15) is 32.3 Å². The lowest BCUT2D eigenvalue weighted by Crippen LogP contribution is -2.10. The van der Waals surface area contributed by atoms with Crippen LogP contribution in [0, 0.1) is 22.6 Å². The van der Waals surface area contributed by atoms with Crippen LogP contribution in [0.2, 0.25) is 0 Å². The van der Waals surface area contributed by atoms with E-state index in [2.05, 4.69) is 22.0 Å². The van der Waals surface area contributed by atoms with Gasteiger partial charge >= 0.3 is 0 Å². The number of benzene rings is 1. The first-order valence-corrected chi connectivity index (χ1v) is 7.00. The molecule has 0 N–H and O–H groups in total. The second-order valence-electron chi connectivity index (χ2n) is 4.81. The highest BCUT2D eigenvalue weighted by Gasteiger charge is 2.16. The number of nitriles is 1. The van der Waals surface area contributed by atoms with Crippen molar-refractivity contribution in [1.29, 1.82) is 5.26 Å². The summed E-state index contributed by atoms with van der Waals surface area (Å²) in [4.78, 5) is 0. The SMILES string of the molecule is CC(C)(C#N)CCCOc1c(F)cccc1CBr. The summed E-state index contributed by atoms with van der Waals surface area (Å²) in [5.41, 5.74) is 0.450. The van der Waals surface area contributed by atoms with Crippen molar-refractivity contribution in [3.63, 3.8) is 0 Å². The van der Waals surface area contributed by atoms with E-state index in [-0.39, 0.29) is 11.2 Å². The summed E-state index contributed by atoms with van der Waals surface area (Å²) in [6.07, 6.45) is 1.47. The Bertz CT molecular complexity index is 440. The van der Waals surface area contributed by atoms with Crippen LogP contribution >= 0.6 is 15.9 Å². The Morgan fingerprint density at radius 3 is 2.78 bits per heavy atom. The Morgan fingerprint density at radius 2 is 2.17 bits per heavy atom. The summed E-state index contributed by atoms with van der Waals surface area (Å²) in [5, 5.41) is 9.44. The Balaban J connectivity index is 2.52. The number of ether oxygens (including phenoxy) is 1. The molecule has 1 aromatic carbocycles. The molecule has 0 spiro atoms. The first-order valence-electron chi connectivity index (χ1n) is 5.87. The van der Waals surface area contributed by atoms with Gasteiger partial charge in [0.15, 0.2) is 11.6 Å². The molecule has 0 heterocycles. The van der Waals surface area contributed by atoms with E-state index in [9.17, 15) is 4.39 Å². The van der Waals surface area contributed by atoms with Gasteiger partial charge in [0.1, 0.15) is 0 Å². The van der Waals surface area contributed by atoms with E-state index in [0.717, 1.165) is 18.4 Å². The minimum absolute atomic E-state index is 0.309. The topological polar surface area (TPSA) is 33.0 Å². The van der Waals surface area contributed by atoms with Crippen molar-refractivity contribution >= 4 is 15.9 Å². The average molecular weight is 314 g/mol. The van der Waals surface area contributed by atoms with E-state index in [4.69, 9.17) is 10.00 Å². The van der Waals surface area contributed by atoms with Crippen molar-refractivity contribution < 1.29 is 9.13 Å². The first kappa shape index (κ1) is 15.0. The molecular weight excluding hydrogens is 297 g/mol. The number of hydrogen-bond acceptors (Lipinski definition) is 2. The molecule has 0 amide bonds. The number of hydrogen-bond donors (Lipinski definition) is 0. The number of alkyl halides is 1. The molecule has 98 valence electrons. The third kappa shape index (κ3) is 4.30. The largest absolute Gasteiger partial charge is 0.490 e. The summed E-state index contributed by atoms with van der Waals surface area (Å²) in [7, 11) is 0. The van der Waals surface area contributed by atoms with Crippen LogP contribution < -0.4 is 4.74 Å². The van der Waals surface area contributed by atoms with Gasteiger partial charge in [-0.2, -0.15) is 5.26 Å². The van der Waals surface area contributed by atoms with Crippen LogP contribution in [0.5, 0.6) is 5.75 Å². The molecule has 4 heteroatoms. The average Bonchev–Trinajstić information content (AvgIpc) is 2.36. The standard InChI is InChI=1S/C14H17BrFNO/c1-14(2,10-17)7-4-8-18-13-11(9-15)5-3-6-12(13)16/h3,5-6H,4,7-9H2,1-2H3. The molecule has 0 radical (unpaired) electrons. The number of rotatable bonds is 6. The number of para-hydroxylation sites is 1. The highest BCUT2D eigenvalue weighted by atomic mass is 79.9. The van der Waals surface area contributed by atoms with Crippen LogP contribution in [0.25, 0.3) is 0 Å². The van der Waals surface area contributed by atoms with Crippen molar-refractivity contribution in [3.8, 4) is 11.8 Å². The Kier molecular flexibility index (Phi) is 5.61. The molecule has 0 fully saturated rings. The minimum atomic E-state index is -0.350. The van der Waals surface area contributed by atoms with Crippen molar-refractivity contribution in [2.75, 3.05) is 6.61 Å². The van der Waals surface area contributed by atoms with Crippen LogP contribution in [0.15, 0.2) is 18.2 Å². The molecule has 0 aliphatic rings. The van der Waals surface area contributed by atoms with Gasteiger partial charge in [-0.1, -0.05) is 28.1 Å². The molecule has 0 bridgehead atoms. The molecule has 0 aromatic heterocycles. The van der Waals surface area contributed by atoms with E-state index in [1.807, 2.05) is 19.9 Å². The maximum absolute atomic E-state index is 13.6. The van der Waals surface area contributed by atoms with Gasteiger partial charge in [-0.3, -0.25) is 0 Å². The van der Waals surface area contributed by atoms with Gasteiger partial charge in [-0.25, -0.2) is 4.39 Å². The highest BCUT2D eigenvalue weighted by Crippen LogP contribution is 2.26. The number of nitrogens with zero attached hydrogens (tertiary/aromatic N) is 1. The van der Waals surface area contributed by atoms with Crippen LogP contribution in [-0.4, -0.2) is 6.61 Å². The van der Waals surface area contributed by atoms with Crippen LogP contribution in [0.3, 0.4) is 0 Å². The molecule has 0 unspecified atom stereocenters. The Morgan fingerprint density at radius 1 is 1.44 bits per heavy atom. The van der Waals surface area contributed by atoms with Crippen molar-refractivity contribution in [1.82, 2.24) is 0 Å². The third-order valence-electron chi connectivity index (χ3n) is 2.69. The van der Waals surface area contributed by atoms with Crippen molar-refractivity contribution in [2.24, 2.45) is 5.41 Å². The second kappa shape index (κ2) is 6.75. The summed E-state index contributed by atoms with van der Waals surface area (Å²) < 4.78 is 19.1. The van der Waals surface area contributed by atoms with Gasteiger partial charge in [-0.05, 0) is 32.8 Å². The van der Waals surface area contributed by atoms with Crippen molar-refractivity contribution in [2.45, 2.75) is 32.0 Å². The van der Waals surface area contributed by atoms with Crippen molar-refractivity contribution in [3.05, 3.63) is 29.6 Å². The molecule has 18 heavy (non-hydrogen) atoms. The molecule has 0 aliphatic carbocycles. The molecule has 0 aliphatic heterocycles. The molecule has 2 nitrogen and oxygen atoms in total. The van der Waals surface area contributed by atoms with E-state index in [0.29, 0.717) is 17.7 Å². The van der Waals surface area contributed by atoms with Gasteiger partial charge in [0.2, 0.25) is 0 Å². The smallest absolute Gasteiger partial charge is 0.165 e. The summed E-state index contributed by atoms with van der Waals surface area (Å²) in [6.45, 7) is 4.20. The lowest BCUT2D eigenvalue weighted by molar-refractivity contribution is 0.271. The van der Waals surface area contributed by atoms with E-state index < -0.39 is 0 Å². The monoisotopic (exact) mass is 313 g/mol. The Labute approximate surface area is 116 Å². The van der Waals surface area contributed by atoms with E-state index in [1.54, 1.807) is 6.07 Å². The first-order chi connectivity index (χ1) is 8.50. The highest BCUT2D eigenvalue weighted by molar-refractivity contribution is 9.08. The fraction of sp³-hybridized carbons (Fsp3) is 0.500. The maximum Gasteiger partial charge on any atom is 0.165 e. The molecule has 0 atom stereocenters. The van der Waals surface area contributed by atoms with Crippen LogP contribution in [-0.2, 0) is 5.33 Å². The lowest BCUT2D eigenvalue weighted by Gasteiger charge is -2.15. The van der Waals surface area contributed by atoms with Gasteiger partial charge < -0.3 is 4.74 Å². The lowest BCUT2D eigenvalue weighted by atomic mass is 9.90. The fourth-order valence-electron chi connectivity index (χ4n) is 1.56. The van der Waals surface area contributed by atoms with Gasteiger partial charge in [0, 0.05) is 10.9 Å². The molecule has 0 saturated heterocycles. The fourth-order valence-corrected chi connectivity index (χ4v) is 2.01. The summed E-state index contributed by atoms with van der Waals surface area (Å²) in [5.74, 6) is -0.0318. The van der Waals surface area contributed by atoms with Crippen LogP contribution in [0.4, 0.5) is 4.39 Å². The zero-order valence-corrected chi connectivity index (χ0v) is 12.3. The zero-order chi connectivity index (χ0) is 13.6. The van der Waals surface area contributed by atoms with E-state index in [1.165, 1.54) is 6.07 Å². The summed E-state index contributed by atoms with van der Waals surface area (Å²) in [6, 6.07) is 7.12. The third-order valence-corrected chi connectivity index (χ3v) is 3.29. The normalized spacial score (nSPS) is 11.1. The molecule has 1 rings (SSSR count). The second-order valence-corrected chi connectivity index (χ2v) is 5.37. The van der Waals surface area contributed by atoms with E-state index >= 15 is 0 Å². The Hall–Kier alpha value is -1.08. The molecule has 0 saturated carbocycles. The van der Waals surface area contributed by atoms with Gasteiger partial charge in [0.25, 0.3) is 0 Å². The summed E-state index contributed by atoms with van der Waals surface area (Å²) >= 11 is 3.30. The minimum Gasteiger partial charge on any atom is -0.490 e. The quantitative estimate of drug-likeness (QED) is 0.575. The zero-order valence-electron chi connectivity index (χ0n) is 10.7. The predicted octanol–water partition coefficient (Wildman–Crippen LogP) is 4.43. The van der Waals surface area contributed by atoms with Gasteiger partial charge in [-0.15, -0.1) is 0 Å². The maximum atomic E-state index is 13.6. The predicted molar refractivity (Wildman–Crippen MR) is 73.2 cm³/mol. The molecular formula is C14H17BrFNO. The molecule has 1 aromatic rings. The number of halogens is 2. The van der Waals surface area contributed by atoms with Gasteiger partial charge in [0.05, 0.1) is 18.1 Å².